The monoisotopic (exact) mass is 553 g/mol. The maximum Gasteiger partial charge on any atom is 0.253 e. The zero-order valence-electron chi connectivity index (χ0n) is 22.6. The summed E-state index contributed by atoms with van der Waals surface area (Å²) in [5, 5.41) is 14.7. The Kier molecular flexibility index (Phi) is 9.10. The largest absolute Gasteiger partial charge is 0.490 e. The van der Waals surface area contributed by atoms with Gasteiger partial charge in [-0.2, -0.15) is 0 Å². The van der Waals surface area contributed by atoms with Crippen molar-refractivity contribution in [2.24, 2.45) is 0 Å². The molecule has 3 aliphatic rings. The number of nitrogens with one attached hydrogen (secondary N) is 1. The van der Waals surface area contributed by atoms with Gasteiger partial charge in [-0.05, 0) is 74.2 Å². The van der Waals surface area contributed by atoms with Gasteiger partial charge in [0.15, 0.2) is 0 Å². The van der Waals surface area contributed by atoms with Gasteiger partial charge in [-0.3, -0.25) is 9.59 Å². The molecule has 2 amide bonds. The number of benzene rings is 2. The van der Waals surface area contributed by atoms with Gasteiger partial charge in [-0.15, -0.1) is 0 Å². The van der Waals surface area contributed by atoms with Gasteiger partial charge >= 0.3 is 0 Å². The molecule has 7 nitrogen and oxygen atoms in total. The van der Waals surface area contributed by atoms with Crippen molar-refractivity contribution in [1.29, 1.82) is 0 Å². The highest BCUT2D eigenvalue weighted by molar-refractivity contribution is 6.30. The van der Waals surface area contributed by atoms with E-state index in [-0.39, 0.29) is 24.0 Å². The number of aliphatic hydroxyl groups is 1. The van der Waals surface area contributed by atoms with Crippen LogP contribution in [0.2, 0.25) is 5.02 Å². The minimum absolute atomic E-state index is 0.0149. The Hall–Kier alpha value is -2.61. The Labute approximate surface area is 236 Å². The molecule has 0 radical (unpaired) electrons. The zero-order valence-corrected chi connectivity index (χ0v) is 23.4. The van der Waals surface area contributed by atoms with Gasteiger partial charge in [-0.25, -0.2) is 0 Å². The minimum atomic E-state index is -0.533. The molecular formula is C31H40ClN3O4. The predicted octanol–water partition coefficient (Wildman–Crippen LogP) is 4.91. The molecule has 39 heavy (non-hydrogen) atoms. The van der Waals surface area contributed by atoms with Crippen LogP contribution in [0, 0.1) is 0 Å². The van der Waals surface area contributed by atoms with E-state index in [0.29, 0.717) is 29.2 Å². The van der Waals surface area contributed by atoms with Crippen LogP contribution in [0.3, 0.4) is 0 Å². The Bertz CT molecular complexity index is 1100. The molecule has 3 fully saturated rings. The Morgan fingerprint density at radius 3 is 2.13 bits per heavy atom. The van der Waals surface area contributed by atoms with Crippen LogP contribution in [0.5, 0.6) is 5.75 Å². The molecule has 210 valence electrons. The van der Waals surface area contributed by atoms with Crippen LogP contribution in [0.25, 0.3) is 0 Å². The first-order valence-corrected chi connectivity index (χ1v) is 14.8. The molecule has 0 unspecified atom stereocenters. The van der Waals surface area contributed by atoms with Crippen molar-refractivity contribution in [3.8, 4) is 5.75 Å². The second-order valence-electron chi connectivity index (χ2n) is 11.4. The van der Waals surface area contributed by atoms with E-state index in [0.717, 1.165) is 76.8 Å². The molecule has 1 aliphatic carbocycles. The van der Waals surface area contributed by atoms with E-state index in [1.807, 2.05) is 29.2 Å². The Balaban J connectivity index is 1.05. The van der Waals surface area contributed by atoms with Crippen molar-refractivity contribution in [3.63, 3.8) is 0 Å². The lowest BCUT2D eigenvalue weighted by atomic mass is 9.84. The van der Waals surface area contributed by atoms with Crippen LogP contribution < -0.4 is 10.1 Å². The van der Waals surface area contributed by atoms with Crippen molar-refractivity contribution in [3.05, 3.63) is 64.7 Å². The average molecular weight is 554 g/mol. The van der Waals surface area contributed by atoms with Gasteiger partial charge < -0.3 is 25.0 Å². The van der Waals surface area contributed by atoms with Gasteiger partial charge in [0, 0.05) is 67.8 Å². The summed E-state index contributed by atoms with van der Waals surface area (Å²) in [4.78, 5) is 30.1. The lowest BCUT2D eigenvalue weighted by molar-refractivity contribution is -0.0312. The first-order chi connectivity index (χ1) is 18.9. The van der Waals surface area contributed by atoms with Crippen molar-refractivity contribution in [2.75, 3.05) is 32.7 Å². The number of β-amino-alcohol motifs (C(OH)–C–C–N with tert-alkyl or cyclic N) is 1. The summed E-state index contributed by atoms with van der Waals surface area (Å²) in [5.41, 5.74) is 0.632. The number of ether oxygens (including phenoxy) is 1. The third kappa shape index (κ3) is 7.53. The lowest BCUT2D eigenvalue weighted by Crippen LogP contribution is -2.50. The number of carbonyl (C=O) groups is 2. The molecule has 0 spiro atoms. The number of carbonyl (C=O) groups excluding carboxylic acids is 2. The lowest BCUT2D eigenvalue weighted by Gasteiger charge is -2.40. The highest BCUT2D eigenvalue weighted by Gasteiger charge is 2.33. The van der Waals surface area contributed by atoms with E-state index < -0.39 is 5.60 Å². The highest BCUT2D eigenvalue weighted by Crippen LogP contribution is 2.30. The predicted molar refractivity (Wildman–Crippen MR) is 152 cm³/mol. The number of halogens is 1. The summed E-state index contributed by atoms with van der Waals surface area (Å²) in [7, 11) is 0. The SMILES string of the molecule is O=C(NC1CCN(CC2(O)CCCCC2)CC1)c1ccc(C(=O)N2CCC(Oc3ccc(Cl)cc3)CC2)cc1. The first-order valence-electron chi connectivity index (χ1n) is 14.4. The summed E-state index contributed by atoms with van der Waals surface area (Å²) in [6, 6.07) is 14.5. The fourth-order valence-electron chi connectivity index (χ4n) is 6.12. The Morgan fingerprint density at radius 1 is 0.872 bits per heavy atom. The van der Waals surface area contributed by atoms with Crippen molar-refractivity contribution in [2.45, 2.75) is 75.5 Å². The van der Waals surface area contributed by atoms with Gasteiger partial charge in [0.1, 0.15) is 11.9 Å². The fourth-order valence-corrected chi connectivity index (χ4v) is 6.24. The molecule has 8 heteroatoms. The van der Waals surface area contributed by atoms with Crippen LogP contribution >= 0.6 is 11.6 Å². The molecule has 2 aliphatic heterocycles. The summed E-state index contributed by atoms with van der Waals surface area (Å²) >= 11 is 5.94. The molecule has 2 aromatic carbocycles. The second kappa shape index (κ2) is 12.7. The summed E-state index contributed by atoms with van der Waals surface area (Å²) < 4.78 is 6.04. The molecule has 2 saturated heterocycles. The van der Waals surface area contributed by atoms with Crippen molar-refractivity contribution < 1.29 is 19.4 Å². The van der Waals surface area contributed by atoms with E-state index in [2.05, 4.69) is 10.2 Å². The van der Waals surface area contributed by atoms with E-state index >= 15 is 0 Å². The number of piperidine rings is 2. The third-order valence-corrected chi connectivity index (χ3v) is 8.72. The van der Waals surface area contributed by atoms with Gasteiger partial charge in [0.05, 0.1) is 5.60 Å². The number of hydrogen-bond donors (Lipinski definition) is 2. The fraction of sp³-hybridized carbons (Fsp3) is 0.548. The van der Waals surface area contributed by atoms with Crippen LogP contribution in [-0.2, 0) is 0 Å². The Morgan fingerprint density at radius 2 is 1.49 bits per heavy atom. The molecule has 2 N–H and O–H groups in total. The minimum Gasteiger partial charge on any atom is -0.490 e. The molecule has 5 rings (SSSR count). The molecule has 2 aromatic rings. The van der Waals surface area contributed by atoms with E-state index in [1.54, 1.807) is 24.3 Å². The summed E-state index contributed by atoms with van der Waals surface area (Å²) in [6.07, 6.45) is 8.65. The van der Waals surface area contributed by atoms with Gasteiger partial charge in [-0.1, -0.05) is 30.9 Å². The molecule has 0 atom stereocenters. The number of nitrogens with zero attached hydrogens (tertiary/aromatic N) is 2. The average Bonchev–Trinajstić information content (AvgIpc) is 2.96. The molecular weight excluding hydrogens is 514 g/mol. The first kappa shape index (κ1) is 27.9. The maximum absolute atomic E-state index is 13.0. The van der Waals surface area contributed by atoms with Crippen LogP contribution in [0.1, 0.15) is 78.5 Å². The smallest absolute Gasteiger partial charge is 0.253 e. The standard InChI is InChI=1S/C31H40ClN3O4/c32-25-8-10-27(11-9-25)39-28-14-20-35(21-15-28)30(37)24-6-4-23(5-7-24)29(36)33-26-12-18-34(19-13-26)22-31(38)16-2-1-3-17-31/h4-11,26,28,38H,1-3,12-22H2,(H,33,36). The maximum atomic E-state index is 13.0. The van der Waals surface area contributed by atoms with Crippen LogP contribution in [-0.4, -0.2) is 77.2 Å². The summed E-state index contributed by atoms with van der Waals surface area (Å²) in [6.45, 7) is 3.80. The normalized spacial score (nSPS) is 20.9. The molecule has 2 heterocycles. The van der Waals surface area contributed by atoms with E-state index in [1.165, 1.54) is 6.42 Å². The molecule has 0 bridgehead atoms. The number of rotatable bonds is 7. The molecule has 0 aromatic heterocycles. The zero-order chi connectivity index (χ0) is 27.2. The summed E-state index contributed by atoms with van der Waals surface area (Å²) in [5.74, 6) is 0.680. The van der Waals surface area contributed by atoms with E-state index in [9.17, 15) is 14.7 Å². The quantitative estimate of drug-likeness (QED) is 0.509. The number of likely N-dealkylation sites (tertiary alicyclic amines) is 2. The number of hydrogen-bond acceptors (Lipinski definition) is 5. The van der Waals surface area contributed by atoms with Gasteiger partial charge in [0.25, 0.3) is 11.8 Å². The van der Waals surface area contributed by atoms with Crippen LogP contribution in [0.15, 0.2) is 48.5 Å². The third-order valence-electron chi connectivity index (χ3n) is 8.46. The van der Waals surface area contributed by atoms with Crippen LogP contribution in [0.4, 0.5) is 0 Å². The van der Waals surface area contributed by atoms with Gasteiger partial charge in [0.2, 0.25) is 0 Å². The highest BCUT2D eigenvalue weighted by atomic mass is 35.5. The topological polar surface area (TPSA) is 82.1 Å². The number of amides is 2. The second-order valence-corrected chi connectivity index (χ2v) is 11.9. The molecule has 1 saturated carbocycles. The van der Waals surface area contributed by atoms with E-state index in [4.69, 9.17) is 16.3 Å². The van der Waals surface area contributed by atoms with Crippen molar-refractivity contribution in [1.82, 2.24) is 15.1 Å². The van der Waals surface area contributed by atoms with Crippen molar-refractivity contribution >= 4 is 23.4 Å².